The number of thioether (sulfide) groups is 1. The van der Waals surface area contributed by atoms with Crippen molar-refractivity contribution in [2.45, 2.75) is 12.1 Å². The number of nitrogens with zero attached hydrogens (tertiary/aromatic N) is 4. The number of anilines is 2. The van der Waals surface area contributed by atoms with E-state index < -0.39 is 0 Å². The summed E-state index contributed by atoms with van der Waals surface area (Å²) in [5.41, 5.74) is 2.46. The Bertz CT molecular complexity index is 1070. The number of aromatic nitrogens is 2. The molecule has 0 atom stereocenters. The van der Waals surface area contributed by atoms with Crippen LogP contribution in [0.15, 0.2) is 52.1 Å². The maximum Gasteiger partial charge on any atom is 0.277 e. The molecule has 1 N–H and O–H groups in total. The van der Waals surface area contributed by atoms with E-state index in [0.717, 1.165) is 44.0 Å². The van der Waals surface area contributed by atoms with Crippen molar-refractivity contribution in [2.24, 2.45) is 0 Å². The van der Waals surface area contributed by atoms with E-state index in [1.165, 1.54) is 11.8 Å². The summed E-state index contributed by atoms with van der Waals surface area (Å²) in [4.78, 5) is 17.3. The summed E-state index contributed by atoms with van der Waals surface area (Å²) >= 11 is 13.3. The molecular formula is C22H23Cl2N5O2S. The highest BCUT2D eigenvalue weighted by molar-refractivity contribution is 7.99. The van der Waals surface area contributed by atoms with Crippen molar-refractivity contribution in [2.75, 3.05) is 48.7 Å². The maximum absolute atomic E-state index is 12.6. The minimum absolute atomic E-state index is 0.137. The van der Waals surface area contributed by atoms with Gasteiger partial charge in [0.15, 0.2) is 0 Å². The van der Waals surface area contributed by atoms with E-state index in [4.69, 9.17) is 27.6 Å². The number of hydrogen-bond donors (Lipinski definition) is 1. The van der Waals surface area contributed by atoms with Crippen LogP contribution in [0.25, 0.3) is 11.5 Å². The summed E-state index contributed by atoms with van der Waals surface area (Å²) in [6.07, 6.45) is 0. The normalized spacial score (nSPS) is 14.5. The fourth-order valence-corrected chi connectivity index (χ4v) is 4.34. The molecule has 2 heterocycles. The van der Waals surface area contributed by atoms with Crippen LogP contribution >= 0.6 is 35.0 Å². The Kier molecular flexibility index (Phi) is 7.57. The fourth-order valence-electron chi connectivity index (χ4n) is 3.48. The quantitative estimate of drug-likeness (QED) is 0.470. The number of benzene rings is 2. The third-order valence-corrected chi connectivity index (χ3v) is 6.52. The van der Waals surface area contributed by atoms with Crippen LogP contribution in [0.5, 0.6) is 0 Å². The topological polar surface area (TPSA) is 74.5 Å². The van der Waals surface area contributed by atoms with Gasteiger partial charge in [-0.2, -0.15) is 0 Å². The molecule has 0 radical (unpaired) electrons. The highest BCUT2D eigenvalue weighted by Crippen LogP contribution is 2.31. The molecule has 0 bridgehead atoms. The van der Waals surface area contributed by atoms with Gasteiger partial charge in [0.25, 0.3) is 5.22 Å². The largest absolute Gasteiger partial charge is 0.411 e. The Labute approximate surface area is 201 Å². The summed E-state index contributed by atoms with van der Waals surface area (Å²) in [5.74, 6) is 0.350. The van der Waals surface area contributed by atoms with Crippen LogP contribution in [0.3, 0.4) is 0 Å². The number of amides is 1. The maximum atomic E-state index is 12.6. The molecule has 0 unspecified atom stereocenters. The molecule has 32 heavy (non-hydrogen) atoms. The second kappa shape index (κ2) is 10.6. The molecular weight excluding hydrogens is 469 g/mol. The molecule has 1 fully saturated rings. The number of rotatable bonds is 7. The Morgan fingerprint density at radius 1 is 1.06 bits per heavy atom. The minimum Gasteiger partial charge on any atom is -0.411 e. The Hall–Kier alpha value is -2.26. The van der Waals surface area contributed by atoms with Crippen molar-refractivity contribution in [3.05, 3.63) is 52.5 Å². The molecule has 1 aliphatic rings. The van der Waals surface area contributed by atoms with Gasteiger partial charge >= 0.3 is 0 Å². The van der Waals surface area contributed by atoms with Gasteiger partial charge in [0.05, 0.1) is 17.1 Å². The van der Waals surface area contributed by atoms with Gasteiger partial charge in [0.1, 0.15) is 0 Å². The van der Waals surface area contributed by atoms with E-state index in [9.17, 15) is 4.79 Å². The van der Waals surface area contributed by atoms with Gasteiger partial charge in [-0.1, -0.05) is 41.9 Å². The van der Waals surface area contributed by atoms with Crippen LogP contribution < -0.4 is 10.2 Å². The molecule has 4 rings (SSSR count). The van der Waals surface area contributed by atoms with E-state index >= 15 is 0 Å². The molecule has 0 spiro atoms. The zero-order valence-electron chi connectivity index (χ0n) is 17.6. The zero-order valence-corrected chi connectivity index (χ0v) is 19.9. The molecule has 2 aromatic carbocycles. The molecule has 7 nitrogen and oxygen atoms in total. The fraction of sp³-hybridized carbons (Fsp3) is 0.318. The first-order valence-electron chi connectivity index (χ1n) is 10.3. The lowest BCUT2D eigenvalue weighted by molar-refractivity contribution is -0.113. The number of piperazine rings is 1. The molecule has 1 aliphatic heterocycles. The Morgan fingerprint density at radius 2 is 1.78 bits per heavy atom. The predicted molar refractivity (Wildman–Crippen MR) is 130 cm³/mol. The number of nitrogens with one attached hydrogen (secondary N) is 1. The van der Waals surface area contributed by atoms with Crippen LogP contribution in [0, 0.1) is 0 Å². The SMILES string of the molecule is CCN1CCN(c2ccc(Cl)cc2NC(=O)CSc2nnc(-c3ccc(Cl)cc3)o2)CC1. The number of carbonyl (C=O) groups is 1. The molecule has 10 heteroatoms. The number of likely N-dealkylation sites (N-methyl/N-ethyl adjacent to an activating group) is 1. The monoisotopic (exact) mass is 491 g/mol. The number of halogens is 2. The Balaban J connectivity index is 1.37. The lowest BCUT2D eigenvalue weighted by Crippen LogP contribution is -2.46. The first-order chi connectivity index (χ1) is 15.5. The van der Waals surface area contributed by atoms with Gasteiger partial charge in [-0.05, 0) is 49.0 Å². The molecule has 1 saturated heterocycles. The van der Waals surface area contributed by atoms with Gasteiger partial charge in [-0.3, -0.25) is 4.79 Å². The average Bonchev–Trinajstić information content (AvgIpc) is 3.28. The smallest absolute Gasteiger partial charge is 0.277 e. The van der Waals surface area contributed by atoms with Gasteiger partial charge < -0.3 is 19.5 Å². The predicted octanol–water partition coefficient (Wildman–Crippen LogP) is 4.92. The number of carbonyl (C=O) groups excluding carboxylic acids is 1. The third kappa shape index (κ3) is 5.75. The van der Waals surface area contributed by atoms with E-state index in [1.807, 2.05) is 12.1 Å². The van der Waals surface area contributed by atoms with E-state index in [0.29, 0.717) is 26.8 Å². The highest BCUT2D eigenvalue weighted by atomic mass is 35.5. The van der Waals surface area contributed by atoms with Gasteiger partial charge in [-0.25, -0.2) is 0 Å². The lowest BCUT2D eigenvalue weighted by Gasteiger charge is -2.36. The average molecular weight is 492 g/mol. The standard InChI is InChI=1S/C22H23Cl2N5O2S/c1-2-28-9-11-29(12-10-28)19-8-7-17(24)13-18(19)25-20(30)14-32-22-27-26-21(31-22)15-3-5-16(23)6-4-15/h3-8,13H,2,9-12,14H2,1H3,(H,25,30). The van der Waals surface area contributed by atoms with E-state index in [-0.39, 0.29) is 11.7 Å². The summed E-state index contributed by atoms with van der Waals surface area (Å²) in [6.45, 7) is 7.02. The van der Waals surface area contributed by atoms with Crippen molar-refractivity contribution < 1.29 is 9.21 Å². The molecule has 3 aromatic rings. The zero-order chi connectivity index (χ0) is 22.5. The Morgan fingerprint density at radius 3 is 2.50 bits per heavy atom. The summed E-state index contributed by atoms with van der Waals surface area (Å²) < 4.78 is 5.65. The molecule has 0 aliphatic carbocycles. The van der Waals surface area contributed by atoms with Gasteiger partial charge in [-0.15, -0.1) is 10.2 Å². The molecule has 1 aromatic heterocycles. The van der Waals surface area contributed by atoms with Crippen LogP contribution in [-0.2, 0) is 4.79 Å². The first-order valence-corrected chi connectivity index (χ1v) is 12.0. The second-order valence-electron chi connectivity index (χ2n) is 7.30. The molecule has 1 amide bonds. The highest BCUT2D eigenvalue weighted by Gasteiger charge is 2.20. The van der Waals surface area contributed by atoms with Crippen molar-refractivity contribution in [3.8, 4) is 11.5 Å². The summed E-state index contributed by atoms with van der Waals surface area (Å²) in [7, 11) is 0. The van der Waals surface area contributed by atoms with Gasteiger partial charge in [0.2, 0.25) is 11.8 Å². The molecule has 168 valence electrons. The van der Waals surface area contributed by atoms with Crippen LogP contribution in [0.4, 0.5) is 11.4 Å². The van der Waals surface area contributed by atoms with E-state index in [2.05, 4.69) is 32.2 Å². The van der Waals surface area contributed by atoms with Crippen LogP contribution in [-0.4, -0.2) is 59.5 Å². The van der Waals surface area contributed by atoms with Crippen molar-refractivity contribution in [3.63, 3.8) is 0 Å². The lowest BCUT2D eigenvalue weighted by atomic mass is 10.2. The van der Waals surface area contributed by atoms with Crippen molar-refractivity contribution >= 4 is 52.2 Å². The minimum atomic E-state index is -0.169. The second-order valence-corrected chi connectivity index (χ2v) is 9.10. The first kappa shape index (κ1) is 22.9. The van der Waals surface area contributed by atoms with Gasteiger partial charge in [0, 0.05) is 41.8 Å². The summed E-state index contributed by atoms with van der Waals surface area (Å²) in [6, 6.07) is 12.7. The van der Waals surface area contributed by atoms with Crippen LogP contribution in [0.1, 0.15) is 6.92 Å². The van der Waals surface area contributed by atoms with E-state index in [1.54, 1.807) is 30.3 Å². The van der Waals surface area contributed by atoms with Crippen molar-refractivity contribution in [1.82, 2.24) is 15.1 Å². The number of hydrogen-bond acceptors (Lipinski definition) is 7. The summed E-state index contributed by atoms with van der Waals surface area (Å²) in [5, 5.41) is 12.6. The van der Waals surface area contributed by atoms with Crippen LogP contribution in [0.2, 0.25) is 10.0 Å². The third-order valence-electron chi connectivity index (χ3n) is 5.22. The van der Waals surface area contributed by atoms with Crippen molar-refractivity contribution in [1.29, 1.82) is 0 Å². The molecule has 0 saturated carbocycles.